The molecule has 0 saturated heterocycles. The summed E-state index contributed by atoms with van der Waals surface area (Å²) >= 11 is 4.18. The number of rotatable bonds is 6. The number of thiol groups is 1. The van der Waals surface area contributed by atoms with E-state index < -0.39 is 0 Å². The van der Waals surface area contributed by atoms with Gasteiger partial charge in [-0.2, -0.15) is 12.6 Å². The van der Waals surface area contributed by atoms with Crippen molar-refractivity contribution < 1.29 is 9.53 Å². The van der Waals surface area contributed by atoms with Crippen LogP contribution in [0.15, 0.2) is 24.3 Å². The summed E-state index contributed by atoms with van der Waals surface area (Å²) in [5.41, 5.74) is 1.86. The Bertz CT molecular complexity index is 346. The summed E-state index contributed by atoms with van der Waals surface area (Å²) in [6, 6.07) is 7.63. The van der Waals surface area contributed by atoms with E-state index in [1.54, 1.807) is 0 Å². The van der Waals surface area contributed by atoms with E-state index in [2.05, 4.69) is 12.6 Å². The van der Waals surface area contributed by atoms with Crippen molar-refractivity contribution in [2.75, 3.05) is 5.75 Å². The van der Waals surface area contributed by atoms with Gasteiger partial charge in [0.25, 0.3) is 0 Å². The Kier molecular flexibility index (Phi) is 6.12. The Morgan fingerprint density at radius 2 is 2.00 bits per heavy atom. The molecule has 94 valence electrons. The van der Waals surface area contributed by atoms with E-state index in [0.29, 0.717) is 5.56 Å². The SMILES string of the molecule is CCC(C)OC(=O)c1ccc(CCCS)cc1. The molecule has 0 aliphatic carbocycles. The summed E-state index contributed by atoms with van der Waals surface area (Å²) in [6.45, 7) is 3.90. The van der Waals surface area contributed by atoms with Crippen LogP contribution in [0.2, 0.25) is 0 Å². The van der Waals surface area contributed by atoms with Gasteiger partial charge < -0.3 is 4.74 Å². The first-order valence-electron chi connectivity index (χ1n) is 6.08. The van der Waals surface area contributed by atoms with E-state index in [0.717, 1.165) is 25.0 Å². The maximum Gasteiger partial charge on any atom is 0.338 e. The van der Waals surface area contributed by atoms with Crippen LogP contribution in [0.5, 0.6) is 0 Å². The molecule has 1 atom stereocenters. The number of aryl methyl sites for hydroxylation is 1. The monoisotopic (exact) mass is 252 g/mol. The van der Waals surface area contributed by atoms with Crippen LogP contribution in [0.4, 0.5) is 0 Å². The molecule has 0 heterocycles. The van der Waals surface area contributed by atoms with Crippen molar-refractivity contribution >= 4 is 18.6 Å². The van der Waals surface area contributed by atoms with Gasteiger partial charge in [0.15, 0.2) is 0 Å². The third kappa shape index (κ3) is 4.82. The number of hydrogen-bond acceptors (Lipinski definition) is 3. The van der Waals surface area contributed by atoms with Crippen molar-refractivity contribution in [1.82, 2.24) is 0 Å². The van der Waals surface area contributed by atoms with Crippen LogP contribution >= 0.6 is 12.6 Å². The van der Waals surface area contributed by atoms with Crippen LogP contribution in [0.1, 0.15) is 42.6 Å². The summed E-state index contributed by atoms with van der Waals surface area (Å²) in [5.74, 6) is 0.651. The van der Waals surface area contributed by atoms with Crippen LogP contribution < -0.4 is 0 Å². The maximum absolute atomic E-state index is 11.7. The van der Waals surface area contributed by atoms with Gasteiger partial charge in [-0.05, 0) is 49.6 Å². The second kappa shape index (κ2) is 7.38. The topological polar surface area (TPSA) is 26.3 Å². The fraction of sp³-hybridized carbons (Fsp3) is 0.500. The van der Waals surface area contributed by atoms with Crippen molar-refractivity contribution in [3.63, 3.8) is 0 Å². The van der Waals surface area contributed by atoms with Crippen molar-refractivity contribution in [3.8, 4) is 0 Å². The van der Waals surface area contributed by atoms with Crippen LogP contribution in [0, 0.1) is 0 Å². The lowest BCUT2D eigenvalue weighted by Crippen LogP contribution is -2.13. The lowest BCUT2D eigenvalue weighted by atomic mass is 10.1. The number of ether oxygens (including phenoxy) is 1. The molecular formula is C14H20O2S. The van der Waals surface area contributed by atoms with E-state index in [-0.39, 0.29) is 12.1 Å². The van der Waals surface area contributed by atoms with Crippen molar-refractivity contribution in [2.45, 2.75) is 39.2 Å². The maximum atomic E-state index is 11.7. The third-order valence-electron chi connectivity index (χ3n) is 2.70. The van der Waals surface area contributed by atoms with Gasteiger partial charge in [-0.15, -0.1) is 0 Å². The quantitative estimate of drug-likeness (QED) is 0.619. The molecule has 1 unspecified atom stereocenters. The Morgan fingerprint density at radius 1 is 1.35 bits per heavy atom. The summed E-state index contributed by atoms with van der Waals surface area (Å²) in [4.78, 5) is 11.7. The van der Waals surface area contributed by atoms with Crippen LogP contribution in [-0.4, -0.2) is 17.8 Å². The summed E-state index contributed by atoms with van der Waals surface area (Å²) < 4.78 is 5.26. The standard InChI is InChI=1S/C14H20O2S/c1-3-11(2)16-14(15)13-8-6-12(7-9-13)5-4-10-17/h6-9,11,17H,3-5,10H2,1-2H3. The molecule has 0 bridgehead atoms. The van der Waals surface area contributed by atoms with E-state index in [1.807, 2.05) is 38.1 Å². The largest absolute Gasteiger partial charge is 0.459 e. The predicted octanol–water partition coefficient (Wildman–Crippen LogP) is 3.50. The van der Waals surface area contributed by atoms with Gasteiger partial charge in [-0.3, -0.25) is 0 Å². The fourth-order valence-electron chi connectivity index (χ4n) is 1.42. The van der Waals surface area contributed by atoms with Gasteiger partial charge >= 0.3 is 5.97 Å². The highest BCUT2D eigenvalue weighted by Crippen LogP contribution is 2.10. The molecule has 17 heavy (non-hydrogen) atoms. The number of hydrogen-bond donors (Lipinski definition) is 1. The normalized spacial score (nSPS) is 12.2. The first-order valence-corrected chi connectivity index (χ1v) is 6.71. The number of carbonyl (C=O) groups is 1. The lowest BCUT2D eigenvalue weighted by Gasteiger charge is -2.10. The minimum atomic E-state index is -0.236. The van der Waals surface area contributed by atoms with E-state index in [4.69, 9.17) is 4.74 Å². The average molecular weight is 252 g/mol. The van der Waals surface area contributed by atoms with Gasteiger partial charge in [0, 0.05) is 0 Å². The Labute approximate surface area is 109 Å². The highest BCUT2D eigenvalue weighted by Gasteiger charge is 2.10. The highest BCUT2D eigenvalue weighted by atomic mass is 32.1. The van der Waals surface area contributed by atoms with E-state index in [1.165, 1.54) is 5.56 Å². The highest BCUT2D eigenvalue weighted by molar-refractivity contribution is 7.80. The molecule has 0 saturated carbocycles. The summed E-state index contributed by atoms with van der Waals surface area (Å²) in [7, 11) is 0. The number of carbonyl (C=O) groups excluding carboxylic acids is 1. The molecule has 0 N–H and O–H groups in total. The molecule has 3 heteroatoms. The summed E-state index contributed by atoms with van der Waals surface area (Å²) in [6.07, 6.45) is 2.88. The zero-order valence-electron chi connectivity index (χ0n) is 10.5. The van der Waals surface area contributed by atoms with Gasteiger partial charge in [-0.1, -0.05) is 19.1 Å². The molecule has 1 aromatic carbocycles. The van der Waals surface area contributed by atoms with Gasteiger partial charge in [0.1, 0.15) is 0 Å². The lowest BCUT2D eigenvalue weighted by molar-refractivity contribution is 0.0334. The molecule has 0 radical (unpaired) electrons. The van der Waals surface area contributed by atoms with E-state index >= 15 is 0 Å². The zero-order chi connectivity index (χ0) is 12.7. The Morgan fingerprint density at radius 3 is 2.53 bits per heavy atom. The third-order valence-corrected chi connectivity index (χ3v) is 3.01. The van der Waals surface area contributed by atoms with Crippen molar-refractivity contribution in [1.29, 1.82) is 0 Å². The molecule has 0 spiro atoms. The molecule has 0 aromatic heterocycles. The predicted molar refractivity (Wildman–Crippen MR) is 73.8 cm³/mol. The minimum absolute atomic E-state index is 0.0219. The molecule has 0 fully saturated rings. The van der Waals surface area contributed by atoms with Gasteiger partial charge in [0.05, 0.1) is 11.7 Å². The smallest absolute Gasteiger partial charge is 0.338 e. The molecule has 1 rings (SSSR count). The van der Waals surface area contributed by atoms with Crippen LogP contribution in [-0.2, 0) is 11.2 Å². The molecule has 1 aromatic rings. The van der Waals surface area contributed by atoms with Gasteiger partial charge in [-0.25, -0.2) is 4.79 Å². The first-order chi connectivity index (χ1) is 8.17. The average Bonchev–Trinajstić information content (AvgIpc) is 2.36. The molecule has 0 aliphatic rings. The Hall–Kier alpha value is -0.960. The zero-order valence-corrected chi connectivity index (χ0v) is 11.4. The second-order valence-electron chi connectivity index (χ2n) is 4.15. The fourth-order valence-corrected chi connectivity index (χ4v) is 1.58. The minimum Gasteiger partial charge on any atom is -0.459 e. The number of benzene rings is 1. The van der Waals surface area contributed by atoms with Crippen molar-refractivity contribution in [3.05, 3.63) is 35.4 Å². The van der Waals surface area contributed by atoms with Crippen molar-refractivity contribution in [2.24, 2.45) is 0 Å². The molecule has 0 aliphatic heterocycles. The van der Waals surface area contributed by atoms with Crippen LogP contribution in [0.25, 0.3) is 0 Å². The Balaban J connectivity index is 2.57. The van der Waals surface area contributed by atoms with E-state index in [9.17, 15) is 4.79 Å². The first kappa shape index (κ1) is 14.1. The molecular weight excluding hydrogens is 232 g/mol. The molecule has 2 nitrogen and oxygen atoms in total. The second-order valence-corrected chi connectivity index (χ2v) is 4.60. The van der Waals surface area contributed by atoms with Crippen LogP contribution in [0.3, 0.4) is 0 Å². The number of esters is 1. The summed E-state index contributed by atoms with van der Waals surface area (Å²) in [5, 5.41) is 0. The van der Waals surface area contributed by atoms with Gasteiger partial charge in [0.2, 0.25) is 0 Å². The molecule has 0 amide bonds.